The van der Waals surface area contributed by atoms with Gasteiger partial charge in [-0.1, -0.05) is 17.7 Å². The fraction of sp³-hybridized carbons (Fsp3) is 0.286. The molecule has 0 saturated carbocycles. The summed E-state index contributed by atoms with van der Waals surface area (Å²) < 4.78 is 1.58. The third-order valence-electron chi connectivity index (χ3n) is 2.74. The number of aromatic nitrogens is 2. The Balaban J connectivity index is 2.19. The molecule has 0 saturated heterocycles. The smallest absolute Gasteiger partial charge is 0.272 e. The standard InChI is InChI=1S/C14H16ClN3O2/c1-14(2,9-19)16-13(20)12-6-7-18(17-12)11-5-3-4-10(15)8-11/h3-8,19H,9H2,1-2H3,(H,16,20). The van der Waals surface area contributed by atoms with Crippen molar-refractivity contribution in [2.45, 2.75) is 19.4 Å². The van der Waals surface area contributed by atoms with Crippen LogP contribution in [-0.4, -0.2) is 32.9 Å². The molecule has 20 heavy (non-hydrogen) atoms. The first kappa shape index (κ1) is 14.6. The van der Waals surface area contributed by atoms with Gasteiger partial charge in [0.2, 0.25) is 0 Å². The van der Waals surface area contributed by atoms with Crippen molar-refractivity contribution in [1.29, 1.82) is 0 Å². The maximum absolute atomic E-state index is 12.0. The van der Waals surface area contributed by atoms with E-state index in [-0.39, 0.29) is 18.2 Å². The van der Waals surface area contributed by atoms with Crippen molar-refractivity contribution in [3.05, 3.63) is 47.2 Å². The van der Waals surface area contributed by atoms with Crippen LogP contribution in [0.3, 0.4) is 0 Å². The predicted octanol–water partition coefficient (Wildman–Crippen LogP) is 2.03. The van der Waals surface area contributed by atoms with Gasteiger partial charge in [0.15, 0.2) is 5.69 Å². The van der Waals surface area contributed by atoms with E-state index in [2.05, 4.69) is 10.4 Å². The minimum absolute atomic E-state index is 0.145. The predicted molar refractivity (Wildman–Crippen MR) is 77.2 cm³/mol. The van der Waals surface area contributed by atoms with Crippen LogP contribution in [-0.2, 0) is 0 Å². The van der Waals surface area contributed by atoms with Crippen LogP contribution in [0.5, 0.6) is 0 Å². The van der Waals surface area contributed by atoms with E-state index < -0.39 is 5.54 Å². The van der Waals surface area contributed by atoms with Gasteiger partial charge in [-0.05, 0) is 38.1 Å². The van der Waals surface area contributed by atoms with Crippen molar-refractivity contribution >= 4 is 17.5 Å². The molecule has 1 heterocycles. The number of nitrogens with one attached hydrogen (secondary N) is 1. The average molecular weight is 294 g/mol. The van der Waals surface area contributed by atoms with E-state index in [9.17, 15) is 4.79 Å². The zero-order valence-electron chi connectivity index (χ0n) is 11.3. The lowest BCUT2D eigenvalue weighted by atomic mass is 10.1. The molecule has 0 unspecified atom stereocenters. The molecule has 0 aliphatic heterocycles. The lowest BCUT2D eigenvalue weighted by molar-refractivity contribution is 0.0864. The van der Waals surface area contributed by atoms with Crippen LogP contribution in [0, 0.1) is 0 Å². The Bertz CT molecular complexity index is 622. The number of hydrogen-bond donors (Lipinski definition) is 2. The molecule has 5 nitrogen and oxygen atoms in total. The molecular weight excluding hydrogens is 278 g/mol. The first-order valence-electron chi connectivity index (χ1n) is 6.16. The van der Waals surface area contributed by atoms with Crippen LogP contribution in [0.1, 0.15) is 24.3 Å². The fourth-order valence-corrected chi connectivity index (χ4v) is 1.80. The minimum Gasteiger partial charge on any atom is -0.394 e. The van der Waals surface area contributed by atoms with Crippen molar-refractivity contribution in [2.75, 3.05) is 6.61 Å². The summed E-state index contributed by atoms with van der Waals surface area (Å²) in [6, 6.07) is 8.80. The third-order valence-corrected chi connectivity index (χ3v) is 2.98. The minimum atomic E-state index is -0.684. The van der Waals surface area contributed by atoms with Gasteiger partial charge in [0.1, 0.15) is 0 Å². The van der Waals surface area contributed by atoms with Crippen LogP contribution in [0.4, 0.5) is 0 Å². The summed E-state index contributed by atoms with van der Waals surface area (Å²) in [5.74, 6) is -0.329. The molecule has 1 aromatic carbocycles. The summed E-state index contributed by atoms with van der Waals surface area (Å²) >= 11 is 5.92. The van der Waals surface area contributed by atoms with E-state index >= 15 is 0 Å². The number of halogens is 1. The second-order valence-corrected chi connectivity index (χ2v) is 5.56. The lowest BCUT2D eigenvalue weighted by Gasteiger charge is -2.22. The van der Waals surface area contributed by atoms with Crippen molar-refractivity contribution in [1.82, 2.24) is 15.1 Å². The second-order valence-electron chi connectivity index (χ2n) is 5.12. The van der Waals surface area contributed by atoms with E-state index in [1.807, 2.05) is 12.1 Å². The van der Waals surface area contributed by atoms with Gasteiger partial charge in [-0.25, -0.2) is 4.68 Å². The Kier molecular flexibility index (Phi) is 4.11. The monoisotopic (exact) mass is 293 g/mol. The Morgan fingerprint density at radius 2 is 2.20 bits per heavy atom. The number of hydrogen-bond acceptors (Lipinski definition) is 3. The molecular formula is C14H16ClN3O2. The number of rotatable bonds is 4. The summed E-state index contributed by atoms with van der Waals surface area (Å²) in [7, 11) is 0. The van der Waals surface area contributed by atoms with Gasteiger partial charge in [0.25, 0.3) is 5.91 Å². The highest BCUT2D eigenvalue weighted by atomic mass is 35.5. The summed E-state index contributed by atoms with van der Waals surface area (Å²) in [6.07, 6.45) is 1.69. The van der Waals surface area contributed by atoms with Gasteiger partial charge in [0, 0.05) is 11.2 Å². The number of aliphatic hydroxyl groups is 1. The third kappa shape index (κ3) is 3.37. The van der Waals surface area contributed by atoms with Crippen LogP contribution in [0.25, 0.3) is 5.69 Å². The number of benzene rings is 1. The molecule has 0 aliphatic rings. The number of amides is 1. The molecule has 1 amide bonds. The SMILES string of the molecule is CC(C)(CO)NC(=O)c1ccn(-c2cccc(Cl)c2)n1. The molecule has 0 fully saturated rings. The van der Waals surface area contributed by atoms with E-state index in [4.69, 9.17) is 16.7 Å². The summed E-state index contributed by atoms with van der Waals surface area (Å²) in [5.41, 5.74) is 0.376. The van der Waals surface area contributed by atoms with Gasteiger partial charge in [0.05, 0.1) is 17.8 Å². The van der Waals surface area contributed by atoms with Crippen molar-refractivity contribution in [3.63, 3.8) is 0 Å². The first-order chi connectivity index (χ1) is 9.41. The fourth-order valence-electron chi connectivity index (χ4n) is 1.62. The average Bonchev–Trinajstić information content (AvgIpc) is 2.88. The highest BCUT2D eigenvalue weighted by molar-refractivity contribution is 6.30. The van der Waals surface area contributed by atoms with Crippen LogP contribution >= 0.6 is 11.6 Å². The molecule has 1 aromatic heterocycles. The molecule has 2 N–H and O–H groups in total. The highest BCUT2D eigenvalue weighted by Crippen LogP contribution is 2.14. The maximum atomic E-state index is 12.0. The van der Waals surface area contributed by atoms with Crippen molar-refractivity contribution < 1.29 is 9.90 Å². The van der Waals surface area contributed by atoms with Crippen LogP contribution < -0.4 is 5.32 Å². The topological polar surface area (TPSA) is 67.2 Å². The Morgan fingerprint density at radius 3 is 2.85 bits per heavy atom. The van der Waals surface area contributed by atoms with Gasteiger partial charge in [-0.2, -0.15) is 5.10 Å². The molecule has 106 valence electrons. The molecule has 0 bridgehead atoms. The molecule has 0 atom stereocenters. The van der Waals surface area contributed by atoms with Crippen molar-refractivity contribution in [2.24, 2.45) is 0 Å². The summed E-state index contributed by atoms with van der Waals surface area (Å²) in [6.45, 7) is 3.32. The van der Waals surface area contributed by atoms with Crippen LogP contribution in [0.15, 0.2) is 36.5 Å². The van der Waals surface area contributed by atoms with E-state index in [0.717, 1.165) is 5.69 Å². The number of nitrogens with zero attached hydrogens (tertiary/aromatic N) is 2. The zero-order valence-corrected chi connectivity index (χ0v) is 12.1. The molecule has 0 aliphatic carbocycles. The number of carbonyl (C=O) groups is 1. The Morgan fingerprint density at radius 1 is 1.45 bits per heavy atom. The normalized spacial score (nSPS) is 11.4. The van der Waals surface area contributed by atoms with Crippen molar-refractivity contribution in [3.8, 4) is 5.69 Å². The highest BCUT2D eigenvalue weighted by Gasteiger charge is 2.21. The number of carbonyl (C=O) groups excluding carboxylic acids is 1. The second kappa shape index (κ2) is 5.64. The van der Waals surface area contributed by atoms with Gasteiger partial charge < -0.3 is 10.4 Å². The molecule has 6 heteroatoms. The summed E-state index contributed by atoms with van der Waals surface area (Å²) in [4.78, 5) is 12.0. The Labute approximate surface area is 122 Å². The Hall–Kier alpha value is -1.85. The van der Waals surface area contributed by atoms with E-state index in [1.54, 1.807) is 42.9 Å². The molecule has 0 spiro atoms. The zero-order chi connectivity index (χ0) is 14.8. The first-order valence-corrected chi connectivity index (χ1v) is 6.54. The molecule has 2 rings (SSSR count). The van der Waals surface area contributed by atoms with Gasteiger partial charge in [-0.3, -0.25) is 4.79 Å². The summed E-state index contributed by atoms with van der Waals surface area (Å²) in [5, 5.41) is 16.7. The van der Waals surface area contributed by atoms with Crippen LogP contribution in [0.2, 0.25) is 5.02 Å². The van der Waals surface area contributed by atoms with Gasteiger partial charge >= 0.3 is 0 Å². The maximum Gasteiger partial charge on any atom is 0.272 e. The quantitative estimate of drug-likeness (QED) is 0.906. The van der Waals surface area contributed by atoms with E-state index in [1.165, 1.54) is 0 Å². The number of aliphatic hydroxyl groups excluding tert-OH is 1. The van der Waals surface area contributed by atoms with E-state index in [0.29, 0.717) is 5.02 Å². The molecule has 0 radical (unpaired) electrons. The largest absolute Gasteiger partial charge is 0.394 e. The lowest BCUT2D eigenvalue weighted by Crippen LogP contribution is -2.46. The molecule has 2 aromatic rings. The van der Waals surface area contributed by atoms with Gasteiger partial charge in [-0.15, -0.1) is 0 Å².